The van der Waals surface area contributed by atoms with Gasteiger partial charge in [0, 0.05) is 13.1 Å². The molecule has 1 aromatic rings. The molecule has 1 saturated heterocycles. The molecule has 1 aliphatic heterocycles. The van der Waals surface area contributed by atoms with Crippen LogP contribution in [0.3, 0.4) is 0 Å². The third-order valence-corrected chi connectivity index (χ3v) is 5.82. The number of hydrogen-bond donors (Lipinski definition) is 1. The summed E-state index contributed by atoms with van der Waals surface area (Å²) in [5.41, 5.74) is -0.118. The Bertz CT molecular complexity index is 639. The molecule has 0 bridgehead atoms. The van der Waals surface area contributed by atoms with Crippen molar-refractivity contribution in [3.05, 3.63) is 35.6 Å². The van der Waals surface area contributed by atoms with Gasteiger partial charge in [0.25, 0.3) is 0 Å². The molecule has 1 aromatic carbocycles. The lowest BCUT2D eigenvalue weighted by Gasteiger charge is -2.39. The summed E-state index contributed by atoms with van der Waals surface area (Å²) in [7, 11) is 0. The molecule has 1 amide bonds. The molecular weight excluding hydrogens is 319 g/mol. The summed E-state index contributed by atoms with van der Waals surface area (Å²) < 4.78 is 13.0. The molecule has 3 rings (SSSR count). The first-order valence-electron chi connectivity index (χ1n) is 9.20. The van der Waals surface area contributed by atoms with E-state index in [1.807, 2.05) is 4.90 Å². The van der Waals surface area contributed by atoms with Crippen molar-refractivity contribution < 1.29 is 14.3 Å². The largest absolute Gasteiger partial charge is 0.388 e. The normalized spacial score (nSPS) is 22.2. The van der Waals surface area contributed by atoms with E-state index in [1.54, 1.807) is 12.1 Å². The second-order valence-electron chi connectivity index (χ2n) is 7.38. The SMILES string of the molecule is N#CC1(C(=O)N2CCC(C(O)c3ccc(F)cc3)CC2)CCCCC1. The number of nitriles is 1. The zero-order valence-electron chi connectivity index (χ0n) is 14.5. The van der Waals surface area contributed by atoms with E-state index in [-0.39, 0.29) is 17.6 Å². The van der Waals surface area contributed by atoms with Gasteiger partial charge in [-0.15, -0.1) is 0 Å². The smallest absolute Gasteiger partial charge is 0.243 e. The number of rotatable bonds is 3. The summed E-state index contributed by atoms with van der Waals surface area (Å²) >= 11 is 0. The van der Waals surface area contributed by atoms with E-state index in [2.05, 4.69) is 6.07 Å². The van der Waals surface area contributed by atoms with Crippen molar-refractivity contribution in [2.45, 2.75) is 51.0 Å². The van der Waals surface area contributed by atoms with E-state index in [0.717, 1.165) is 19.3 Å². The minimum Gasteiger partial charge on any atom is -0.388 e. The molecular formula is C20H25FN2O2. The van der Waals surface area contributed by atoms with Crippen LogP contribution in [0.5, 0.6) is 0 Å². The van der Waals surface area contributed by atoms with Crippen molar-refractivity contribution in [2.75, 3.05) is 13.1 Å². The number of amides is 1. The standard InChI is InChI=1S/C20H25FN2O2/c21-17-6-4-15(5-7-17)18(24)16-8-12-23(13-9-16)19(25)20(14-22)10-2-1-3-11-20/h4-7,16,18,24H,1-3,8-13H2. The first-order chi connectivity index (χ1) is 12.1. The summed E-state index contributed by atoms with van der Waals surface area (Å²) in [6.45, 7) is 1.15. The van der Waals surface area contributed by atoms with Crippen molar-refractivity contribution in [2.24, 2.45) is 11.3 Å². The van der Waals surface area contributed by atoms with Gasteiger partial charge in [-0.25, -0.2) is 4.39 Å². The van der Waals surface area contributed by atoms with Crippen LogP contribution in [-0.4, -0.2) is 29.0 Å². The van der Waals surface area contributed by atoms with Gasteiger partial charge in [0.05, 0.1) is 12.2 Å². The van der Waals surface area contributed by atoms with Crippen molar-refractivity contribution in [3.8, 4) is 6.07 Å². The molecule has 25 heavy (non-hydrogen) atoms. The molecule has 1 aliphatic carbocycles. The van der Waals surface area contributed by atoms with E-state index in [9.17, 15) is 19.6 Å². The number of aliphatic hydroxyl groups excluding tert-OH is 1. The highest BCUT2D eigenvalue weighted by atomic mass is 19.1. The van der Waals surface area contributed by atoms with Crippen LogP contribution in [0.1, 0.15) is 56.6 Å². The van der Waals surface area contributed by atoms with E-state index < -0.39 is 11.5 Å². The third-order valence-electron chi connectivity index (χ3n) is 5.82. The minimum absolute atomic E-state index is 0.0237. The number of halogens is 1. The second-order valence-corrected chi connectivity index (χ2v) is 7.38. The van der Waals surface area contributed by atoms with Crippen LogP contribution < -0.4 is 0 Å². The first-order valence-corrected chi connectivity index (χ1v) is 9.20. The molecule has 0 radical (unpaired) electrons. The minimum atomic E-state index is -0.833. The van der Waals surface area contributed by atoms with Crippen molar-refractivity contribution in [1.82, 2.24) is 4.90 Å². The van der Waals surface area contributed by atoms with Crippen molar-refractivity contribution in [1.29, 1.82) is 5.26 Å². The molecule has 134 valence electrons. The predicted molar refractivity (Wildman–Crippen MR) is 91.8 cm³/mol. The van der Waals surface area contributed by atoms with Gasteiger partial charge in [-0.05, 0) is 49.3 Å². The summed E-state index contributed by atoms with van der Waals surface area (Å²) in [4.78, 5) is 14.7. The molecule has 1 heterocycles. The first kappa shape index (κ1) is 17.9. The zero-order valence-corrected chi connectivity index (χ0v) is 14.5. The lowest BCUT2D eigenvalue weighted by Crippen LogP contribution is -2.48. The number of piperidine rings is 1. The highest BCUT2D eigenvalue weighted by molar-refractivity contribution is 5.85. The number of aliphatic hydroxyl groups is 1. The van der Waals surface area contributed by atoms with Crippen LogP contribution in [0.25, 0.3) is 0 Å². The number of benzene rings is 1. The van der Waals surface area contributed by atoms with Gasteiger partial charge in [0.2, 0.25) is 5.91 Å². The van der Waals surface area contributed by atoms with Gasteiger partial charge in [0.1, 0.15) is 11.2 Å². The highest BCUT2D eigenvalue weighted by Crippen LogP contribution is 2.39. The Morgan fingerprint density at radius 2 is 1.80 bits per heavy atom. The number of likely N-dealkylation sites (tertiary alicyclic amines) is 1. The van der Waals surface area contributed by atoms with Gasteiger partial charge in [-0.2, -0.15) is 5.26 Å². The van der Waals surface area contributed by atoms with Gasteiger partial charge < -0.3 is 10.0 Å². The van der Waals surface area contributed by atoms with Gasteiger partial charge in [-0.3, -0.25) is 4.79 Å². The maximum Gasteiger partial charge on any atom is 0.243 e. The highest BCUT2D eigenvalue weighted by Gasteiger charge is 2.43. The average Bonchev–Trinajstić information content (AvgIpc) is 2.68. The summed E-state index contributed by atoms with van der Waals surface area (Å²) in [5.74, 6) is -0.283. The third kappa shape index (κ3) is 3.69. The molecule has 0 spiro atoms. The lowest BCUT2D eigenvalue weighted by molar-refractivity contribution is -0.142. The summed E-state index contributed by atoms with van der Waals surface area (Å²) in [6.07, 6.45) is 5.08. The molecule has 2 aliphatic rings. The fourth-order valence-electron chi connectivity index (χ4n) is 4.18. The molecule has 4 nitrogen and oxygen atoms in total. The molecule has 1 atom stereocenters. The number of carbonyl (C=O) groups excluding carboxylic acids is 1. The van der Waals surface area contributed by atoms with E-state index in [4.69, 9.17) is 0 Å². The van der Waals surface area contributed by atoms with Crippen LogP contribution >= 0.6 is 0 Å². The Balaban J connectivity index is 1.60. The number of hydrogen-bond acceptors (Lipinski definition) is 3. The molecule has 2 fully saturated rings. The predicted octanol–water partition coefficient (Wildman–Crippen LogP) is 3.57. The van der Waals surface area contributed by atoms with Crippen LogP contribution in [0.15, 0.2) is 24.3 Å². The fraction of sp³-hybridized carbons (Fsp3) is 0.600. The zero-order chi connectivity index (χ0) is 17.9. The molecule has 0 aromatic heterocycles. The van der Waals surface area contributed by atoms with E-state index in [1.165, 1.54) is 12.1 Å². The maximum atomic E-state index is 13.0. The molecule has 1 unspecified atom stereocenters. The van der Waals surface area contributed by atoms with Crippen LogP contribution in [-0.2, 0) is 4.79 Å². The van der Waals surface area contributed by atoms with Gasteiger partial charge in [-0.1, -0.05) is 31.4 Å². The Labute approximate surface area is 148 Å². The van der Waals surface area contributed by atoms with E-state index in [0.29, 0.717) is 44.3 Å². The fourth-order valence-corrected chi connectivity index (χ4v) is 4.18. The van der Waals surface area contributed by atoms with Crippen LogP contribution in [0.4, 0.5) is 4.39 Å². The molecule has 5 heteroatoms. The summed E-state index contributed by atoms with van der Waals surface area (Å²) in [5, 5.41) is 20.1. The quantitative estimate of drug-likeness (QED) is 0.912. The Morgan fingerprint density at radius 1 is 1.20 bits per heavy atom. The molecule has 1 N–H and O–H groups in total. The second kappa shape index (κ2) is 7.53. The summed E-state index contributed by atoms with van der Waals surface area (Å²) in [6, 6.07) is 8.25. The maximum absolute atomic E-state index is 13.0. The van der Waals surface area contributed by atoms with Crippen LogP contribution in [0, 0.1) is 28.5 Å². The van der Waals surface area contributed by atoms with Gasteiger partial charge in [0.15, 0.2) is 0 Å². The number of nitrogens with zero attached hydrogens (tertiary/aromatic N) is 2. The Kier molecular flexibility index (Phi) is 5.39. The topological polar surface area (TPSA) is 64.3 Å². The lowest BCUT2D eigenvalue weighted by atomic mass is 9.73. The monoisotopic (exact) mass is 344 g/mol. The van der Waals surface area contributed by atoms with Crippen molar-refractivity contribution in [3.63, 3.8) is 0 Å². The van der Waals surface area contributed by atoms with Crippen molar-refractivity contribution >= 4 is 5.91 Å². The Hall–Kier alpha value is -1.93. The number of carbonyl (C=O) groups is 1. The molecule has 1 saturated carbocycles. The van der Waals surface area contributed by atoms with E-state index >= 15 is 0 Å². The Morgan fingerprint density at radius 3 is 2.36 bits per heavy atom. The van der Waals surface area contributed by atoms with Crippen LogP contribution in [0.2, 0.25) is 0 Å². The van der Waals surface area contributed by atoms with Gasteiger partial charge >= 0.3 is 0 Å². The average molecular weight is 344 g/mol.